The maximum absolute atomic E-state index is 13.5. The molecule has 37 heavy (non-hydrogen) atoms. The number of rotatable bonds is 10. The van der Waals surface area contributed by atoms with Crippen LogP contribution in [0.4, 0.5) is 4.39 Å². The molecule has 0 aliphatic carbocycles. The minimum atomic E-state index is -0.931. The molecule has 0 spiro atoms. The zero-order valence-electron chi connectivity index (χ0n) is 21.1. The van der Waals surface area contributed by atoms with Crippen LogP contribution in [-0.2, 0) is 16.1 Å². The first-order valence-electron chi connectivity index (χ1n) is 12.3. The molecular formula is C29H30FNO6. The van der Waals surface area contributed by atoms with Gasteiger partial charge < -0.3 is 23.9 Å². The number of carbonyl (C=O) groups excluding carboxylic acids is 2. The average Bonchev–Trinajstić information content (AvgIpc) is 3.47. The van der Waals surface area contributed by atoms with Crippen LogP contribution in [0.15, 0.2) is 70.9 Å². The summed E-state index contributed by atoms with van der Waals surface area (Å²) in [6, 6.07) is 12.7. The summed E-state index contributed by atoms with van der Waals surface area (Å²) >= 11 is 0. The standard InChI is InChI=1S/C29H30FNO6/c1-4-35-24-16-20(9-12-23(24)37-15-13-18(2)3)26-25(27(32)19-7-10-21(30)11-8-19)28(33)29(34)31(26)17-22-6-5-14-36-22/h5-12,14,16,18,26,32H,4,13,15,17H2,1-3H3. The number of likely N-dealkylation sites (tertiary alicyclic amines) is 1. The lowest BCUT2D eigenvalue weighted by Gasteiger charge is -2.25. The zero-order valence-corrected chi connectivity index (χ0v) is 21.1. The Kier molecular flexibility index (Phi) is 7.96. The van der Waals surface area contributed by atoms with E-state index in [0.717, 1.165) is 6.42 Å². The summed E-state index contributed by atoms with van der Waals surface area (Å²) in [4.78, 5) is 27.7. The minimum Gasteiger partial charge on any atom is -0.507 e. The van der Waals surface area contributed by atoms with Gasteiger partial charge in [0.05, 0.1) is 37.6 Å². The van der Waals surface area contributed by atoms with Crippen molar-refractivity contribution in [2.24, 2.45) is 5.92 Å². The highest BCUT2D eigenvalue weighted by Crippen LogP contribution is 2.42. The van der Waals surface area contributed by atoms with E-state index in [2.05, 4.69) is 13.8 Å². The molecule has 1 amide bonds. The first-order chi connectivity index (χ1) is 17.8. The van der Waals surface area contributed by atoms with Gasteiger partial charge in [0.15, 0.2) is 11.5 Å². The van der Waals surface area contributed by atoms with Crippen LogP contribution in [0.3, 0.4) is 0 Å². The van der Waals surface area contributed by atoms with Crippen LogP contribution in [0.25, 0.3) is 5.76 Å². The molecule has 1 aromatic heterocycles. The maximum Gasteiger partial charge on any atom is 0.296 e. The highest BCUT2D eigenvalue weighted by atomic mass is 19.1. The number of aliphatic hydroxyl groups excluding tert-OH is 1. The molecule has 1 saturated heterocycles. The fraction of sp³-hybridized carbons (Fsp3) is 0.310. The number of ether oxygens (including phenoxy) is 2. The molecule has 194 valence electrons. The van der Waals surface area contributed by atoms with Gasteiger partial charge in [0.25, 0.3) is 11.7 Å². The lowest BCUT2D eigenvalue weighted by atomic mass is 9.95. The molecule has 0 bridgehead atoms. The van der Waals surface area contributed by atoms with Gasteiger partial charge in [0.2, 0.25) is 0 Å². The molecule has 0 saturated carbocycles. The number of carbonyl (C=O) groups is 2. The largest absolute Gasteiger partial charge is 0.507 e. The SMILES string of the molecule is CCOc1cc(C2C(=C(O)c3ccc(F)cc3)C(=O)C(=O)N2Cc2ccco2)ccc1OCCC(C)C. The summed E-state index contributed by atoms with van der Waals surface area (Å²) in [6.07, 6.45) is 2.35. The van der Waals surface area contributed by atoms with Crippen LogP contribution >= 0.6 is 0 Å². The Bertz CT molecular complexity index is 1280. The van der Waals surface area contributed by atoms with Crippen molar-refractivity contribution in [1.29, 1.82) is 0 Å². The smallest absolute Gasteiger partial charge is 0.296 e. The quantitative estimate of drug-likeness (QED) is 0.210. The van der Waals surface area contributed by atoms with Gasteiger partial charge in [-0.05, 0) is 73.4 Å². The maximum atomic E-state index is 13.5. The zero-order chi connectivity index (χ0) is 26.5. The number of amides is 1. The fourth-order valence-corrected chi connectivity index (χ4v) is 4.21. The Morgan fingerprint density at radius 3 is 2.49 bits per heavy atom. The molecular weight excluding hydrogens is 477 g/mol. The van der Waals surface area contributed by atoms with E-state index in [-0.39, 0.29) is 23.4 Å². The number of ketones is 1. The molecule has 4 rings (SSSR count). The van der Waals surface area contributed by atoms with Crippen molar-refractivity contribution in [1.82, 2.24) is 4.90 Å². The summed E-state index contributed by atoms with van der Waals surface area (Å²) in [5.74, 6) is -0.521. The van der Waals surface area contributed by atoms with Crippen LogP contribution < -0.4 is 9.47 Å². The van der Waals surface area contributed by atoms with E-state index in [0.29, 0.717) is 42.0 Å². The lowest BCUT2D eigenvalue weighted by Crippen LogP contribution is -2.29. The number of hydrogen-bond acceptors (Lipinski definition) is 6. The summed E-state index contributed by atoms with van der Waals surface area (Å²) in [5.41, 5.74) is 0.675. The first kappa shape index (κ1) is 26.0. The number of halogens is 1. The van der Waals surface area contributed by atoms with Crippen LogP contribution in [0.2, 0.25) is 0 Å². The number of nitrogens with zero attached hydrogens (tertiary/aromatic N) is 1. The van der Waals surface area contributed by atoms with Crippen LogP contribution in [0.5, 0.6) is 11.5 Å². The summed E-state index contributed by atoms with van der Waals surface area (Å²) in [5, 5.41) is 11.1. The van der Waals surface area contributed by atoms with E-state index < -0.39 is 23.5 Å². The molecule has 2 heterocycles. The molecule has 1 N–H and O–H groups in total. The van der Waals surface area contributed by atoms with E-state index in [4.69, 9.17) is 13.9 Å². The monoisotopic (exact) mass is 507 g/mol. The van der Waals surface area contributed by atoms with E-state index in [1.54, 1.807) is 30.3 Å². The second kappa shape index (κ2) is 11.3. The van der Waals surface area contributed by atoms with Crippen molar-refractivity contribution in [3.63, 3.8) is 0 Å². The number of benzene rings is 2. The van der Waals surface area contributed by atoms with Gasteiger partial charge in [-0.3, -0.25) is 9.59 Å². The van der Waals surface area contributed by atoms with Crippen LogP contribution in [-0.4, -0.2) is 34.9 Å². The van der Waals surface area contributed by atoms with E-state index >= 15 is 0 Å². The second-order valence-corrected chi connectivity index (χ2v) is 9.18. The van der Waals surface area contributed by atoms with E-state index in [9.17, 15) is 19.1 Å². The predicted molar refractivity (Wildman–Crippen MR) is 136 cm³/mol. The molecule has 1 unspecified atom stereocenters. The molecule has 3 aromatic rings. The third-order valence-corrected chi connectivity index (χ3v) is 6.10. The second-order valence-electron chi connectivity index (χ2n) is 9.18. The summed E-state index contributed by atoms with van der Waals surface area (Å²) in [7, 11) is 0. The van der Waals surface area contributed by atoms with Gasteiger partial charge in [0, 0.05) is 5.56 Å². The Hall–Kier alpha value is -4.07. The number of Topliss-reactive ketones (excluding diaryl/α,β-unsaturated/α-hetero) is 1. The third-order valence-electron chi connectivity index (χ3n) is 6.10. The van der Waals surface area contributed by atoms with Crippen LogP contribution in [0, 0.1) is 11.7 Å². The molecule has 1 aliphatic rings. The van der Waals surface area contributed by atoms with Gasteiger partial charge in [-0.2, -0.15) is 0 Å². The van der Waals surface area contributed by atoms with Gasteiger partial charge >= 0.3 is 0 Å². The fourth-order valence-electron chi connectivity index (χ4n) is 4.21. The minimum absolute atomic E-state index is 0.0129. The normalized spacial score (nSPS) is 17.0. The van der Waals surface area contributed by atoms with E-state index in [1.807, 2.05) is 6.92 Å². The van der Waals surface area contributed by atoms with Crippen molar-refractivity contribution in [2.75, 3.05) is 13.2 Å². The van der Waals surface area contributed by atoms with E-state index in [1.165, 1.54) is 35.4 Å². The van der Waals surface area contributed by atoms with Gasteiger partial charge in [-0.15, -0.1) is 0 Å². The average molecular weight is 508 g/mol. The lowest BCUT2D eigenvalue weighted by molar-refractivity contribution is -0.140. The Labute approximate surface area is 215 Å². The van der Waals surface area contributed by atoms with Gasteiger partial charge in [-0.1, -0.05) is 19.9 Å². The number of aliphatic hydroxyl groups is 1. The highest BCUT2D eigenvalue weighted by molar-refractivity contribution is 6.46. The third kappa shape index (κ3) is 5.69. The van der Waals surface area contributed by atoms with Crippen molar-refractivity contribution < 1.29 is 33.0 Å². The Morgan fingerprint density at radius 2 is 1.84 bits per heavy atom. The first-order valence-corrected chi connectivity index (χ1v) is 12.3. The predicted octanol–water partition coefficient (Wildman–Crippen LogP) is 5.86. The molecule has 7 nitrogen and oxygen atoms in total. The highest BCUT2D eigenvalue weighted by Gasteiger charge is 2.46. The Morgan fingerprint density at radius 1 is 1.08 bits per heavy atom. The molecule has 1 aliphatic heterocycles. The topological polar surface area (TPSA) is 89.2 Å². The summed E-state index contributed by atoms with van der Waals surface area (Å²) < 4.78 is 30.7. The Balaban J connectivity index is 1.80. The number of hydrogen-bond donors (Lipinski definition) is 1. The molecule has 1 atom stereocenters. The van der Waals surface area contributed by atoms with Crippen molar-refractivity contribution in [2.45, 2.75) is 39.8 Å². The van der Waals surface area contributed by atoms with Gasteiger partial charge in [0.1, 0.15) is 17.3 Å². The number of furan rings is 1. The van der Waals surface area contributed by atoms with Crippen LogP contribution in [0.1, 0.15) is 50.1 Å². The van der Waals surface area contributed by atoms with Crippen molar-refractivity contribution in [3.05, 3.63) is 89.1 Å². The van der Waals surface area contributed by atoms with Gasteiger partial charge in [-0.25, -0.2) is 4.39 Å². The summed E-state index contributed by atoms with van der Waals surface area (Å²) in [6.45, 7) is 6.98. The molecule has 8 heteroatoms. The molecule has 2 aromatic carbocycles. The van der Waals surface area contributed by atoms with Crippen molar-refractivity contribution in [3.8, 4) is 11.5 Å². The molecule has 0 radical (unpaired) electrons. The molecule has 1 fully saturated rings. The van der Waals surface area contributed by atoms with Crippen molar-refractivity contribution >= 4 is 17.4 Å².